The zero-order chi connectivity index (χ0) is 14.0. The van der Waals surface area contributed by atoms with Gasteiger partial charge in [-0.05, 0) is 39.0 Å². The van der Waals surface area contributed by atoms with Crippen molar-refractivity contribution in [1.29, 1.82) is 0 Å². The van der Waals surface area contributed by atoms with E-state index >= 15 is 0 Å². The number of anilines is 1. The van der Waals surface area contributed by atoms with Gasteiger partial charge < -0.3 is 15.5 Å². The van der Waals surface area contributed by atoms with Crippen LogP contribution in [0.15, 0.2) is 23.4 Å². The van der Waals surface area contributed by atoms with Crippen LogP contribution in [0.3, 0.4) is 0 Å². The zero-order valence-corrected chi connectivity index (χ0v) is 12.0. The van der Waals surface area contributed by atoms with E-state index in [-0.39, 0.29) is 11.7 Å². The van der Waals surface area contributed by atoms with Gasteiger partial charge in [-0.2, -0.15) is 0 Å². The molecule has 0 bridgehead atoms. The molecule has 0 saturated heterocycles. The van der Waals surface area contributed by atoms with Crippen LogP contribution in [-0.4, -0.2) is 27.3 Å². The summed E-state index contributed by atoms with van der Waals surface area (Å²) in [5, 5.41) is 0.687. The van der Waals surface area contributed by atoms with Crippen LogP contribution in [0, 0.1) is 0 Å². The fraction of sp³-hybridized carbons (Fsp3) is 0.385. The number of hydrogen-bond donors (Lipinski definition) is 2. The second-order valence-electron chi connectivity index (χ2n) is 5.19. The van der Waals surface area contributed by atoms with Crippen LogP contribution in [0.1, 0.15) is 20.8 Å². The van der Waals surface area contributed by atoms with Gasteiger partial charge in [-0.15, -0.1) is 0 Å². The second-order valence-corrected chi connectivity index (χ2v) is 6.16. The number of benzene rings is 1. The summed E-state index contributed by atoms with van der Waals surface area (Å²) in [4.78, 5) is 19.1. The second kappa shape index (κ2) is 5.13. The third-order valence-electron chi connectivity index (χ3n) is 2.23. The van der Waals surface area contributed by atoms with Gasteiger partial charge >= 0.3 is 5.97 Å². The lowest BCUT2D eigenvalue weighted by Gasteiger charge is -2.18. The molecule has 2 aromatic rings. The number of hydrogen-bond acceptors (Lipinski definition) is 5. The largest absolute Gasteiger partial charge is 0.459 e. The van der Waals surface area contributed by atoms with Crippen LogP contribution in [0.5, 0.6) is 0 Å². The molecule has 0 saturated carbocycles. The van der Waals surface area contributed by atoms with Crippen LogP contribution < -0.4 is 5.73 Å². The molecule has 0 aliphatic heterocycles. The SMILES string of the molecule is CC(C)(C)OC(=O)CSc1nc2ccc(N)cc2[nH]1. The lowest BCUT2D eigenvalue weighted by molar-refractivity contribution is -0.151. The molecule has 1 heterocycles. The van der Waals surface area contributed by atoms with Gasteiger partial charge in [0, 0.05) is 5.69 Å². The molecular formula is C13H17N3O2S. The van der Waals surface area contributed by atoms with Crippen molar-refractivity contribution in [3.05, 3.63) is 18.2 Å². The number of imidazole rings is 1. The molecule has 0 amide bonds. The smallest absolute Gasteiger partial charge is 0.316 e. The normalized spacial score (nSPS) is 11.7. The molecule has 5 nitrogen and oxygen atoms in total. The van der Waals surface area contributed by atoms with Gasteiger partial charge in [-0.25, -0.2) is 4.98 Å². The monoisotopic (exact) mass is 279 g/mol. The van der Waals surface area contributed by atoms with Crippen molar-refractivity contribution in [2.24, 2.45) is 0 Å². The van der Waals surface area contributed by atoms with Gasteiger partial charge in [0.25, 0.3) is 0 Å². The van der Waals surface area contributed by atoms with Crippen LogP contribution in [-0.2, 0) is 9.53 Å². The molecule has 0 fully saturated rings. The highest BCUT2D eigenvalue weighted by atomic mass is 32.2. The van der Waals surface area contributed by atoms with E-state index in [1.807, 2.05) is 32.9 Å². The van der Waals surface area contributed by atoms with Gasteiger partial charge in [-0.3, -0.25) is 4.79 Å². The Balaban J connectivity index is 2.00. The first kappa shape index (κ1) is 13.7. The molecule has 3 N–H and O–H groups in total. The number of rotatable bonds is 3. The van der Waals surface area contributed by atoms with Crippen molar-refractivity contribution in [2.45, 2.75) is 31.5 Å². The summed E-state index contributed by atoms with van der Waals surface area (Å²) in [5.74, 6) is -0.0236. The topological polar surface area (TPSA) is 81.0 Å². The van der Waals surface area contributed by atoms with Crippen LogP contribution >= 0.6 is 11.8 Å². The number of aromatic nitrogens is 2. The van der Waals surface area contributed by atoms with Crippen LogP contribution in [0.25, 0.3) is 11.0 Å². The van der Waals surface area contributed by atoms with Crippen molar-refractivity contribution in [2.75, 3.05) is 11.5 Å². The zero-order valence-electron chi connectivity index (χ0n) is 11.2. The maximum Gasteiger partial charge on any atom is 0.316 e. The van der Waals surface area contributed by atoms with E-state index < -0.39 is 5.60 Å². The molecule has 0 unspecified atom stereocenters. The van der Waals surface area contributed by atoms with E-state index in [2.05, 4.69) is 9.97 Å². The van der Waals surface area contributed by atoms with Gasteiger partial charge in [0.1, 0.15) is 5.60 Å². The average Bonchev–Trinajstić information content (AvgIpc) is 2.66. The Morgan fingerprint density at radius 1 is 1.47 bits per heavy atom. The number of carbonyl (C=O) groups is 1. The quantitative estimate of drug-likeness (QED) is 0.513. The first-order chi connectivity index (χ1) is 8.83. The third kappa shape index (κ3) is 3.89. The van der Waals surface area contributed by atoms with E-state index in [0.717, 1.165) is 11.0 Å². The predicted octanol–water partition coefficient (Wildman–Crippen LogP) is 2.58. The molecule has 0 aliphatic rings. The fourth-order valence-electron chi connectivity index (χ4n) is 1.57. The number of ether oxygens (including phenoxy) is 1. The van der Waals surface area contributed by atoms with Gasteiger partial charge in [0.2, 0.25) is 0 Å². The van der Waals surface area contributed by atoms with E-state index in [9.17, 15) is 4.79 Å². The lowest BCUT2D eigenvalue weighted by Crippen LogP contribution is -2.24. The molecule has 6 heteroatoms. The summed E-state index contributed by atoms with van der Waals surface area (Å²) in [7, 11) is 0. The number of thioether (sulfide) groups is 1. The predicted molar refractivity (Wildman–Crippen MR) is 77.1 cm³/mol. The number of H-pyrrole nitrogens is 1. The number of nitrogens with two attached hydrogens (primary N) is 1. The summed E-state index contributed by atoms with van der Waals surface area (Å²) in [6.07, 6.45) is 0. The first-order valence-electron chi connectivity index (χ1n) is 5.93. The van der Waals surface area contributed by atoms with Gasteiger partial charge in [0.15, 0.2) is 5.16 Å². The van der Waals surface area contributed by atoms with Gasteiger partial charge in [-0.1, -0.05) is 11.8 Å². The number of nitrogen functional groups attached to an aromatic ring is 1. The van der Waals surface area contributed by atoms with Crippen molar-refractivity contribution < 1.29 is 9.53 Å². The standard InChI is InChI=1S/C13H17N3O2S/c1-13(2,3)18-11(17)7-19-12-15-9-5-4-8(14)6-10(9)16-12/h4-6H,7,14H2,1-3H3,(H,15,16). The molecule has 0 aliphatic carbocycles. The van der Waals surface area contributed by atoms with Crippen molar-refractivity contribution in [1.82, 2.24) is 9.97 Å². The number of carbonyl (C=O) groups excluding carboxylic acids is 1. The Morgan fingerprint density at radius 2 is 2.21 bits per heavy atom. The van der Waals surface area contributed by atoms with Gasteiger partial charge in [0.05, 0.1) is 16.8 Å². The third-order valence-corrected chi connectivity index (χ3v) is 3.08. The molecule has 0 radical (unpaired) electrons. The Labute approximate surface area is 115 Å². The van der Waals surface area contributed by atoms with Crippen molar-refractivity contribution in [3.8, 4) is 0 Å². The Kier molecular flexibility index (Phi) is 3.71. The van der Waals surface area contributed by atoms with E-state index in [1.54, 1.807) is 6.07 Å². The van der Waals surface area contributed by atoms with E-state index in [1.165, 1.54) is 11.8 Å². The molecule has 0 spiro atoms. The number of fused-ring (bicyclic) bond motifs is 1. The highest BCUT2D eigenvalue weighted by Gasteiger charge is 2.16. The number of nitrogens with one attached hydrogen (secondary N) is 1. The highest BCUT2D eigenvalue weighted by molar-refractivity contribution is 7.99. The van der Waals surface area contributed by atoms with Crippen LogP contribution in [0.2, 0.25) is 0 Å². The Morgan fingerprint density at radius 3 is 2.89 bits per heavy atom. The molecular weight excluding hydrogens is 262 g/mol. The van der Waals surface area contributed by atoms with Crippen molar-refractivity contribution in [3.63, 3.8) is 0 Å². The maximum atomic E-state index is 11.6. The summed E-state index contributed by atoms with van der Waals surface area (Å²) in [5.41, 5.74) is 7.62. The highest BCUT2D eigenvalue weighted by Crippen LogP contribution is 2.21. The minimum Gasteiger partial charge on any atom is -0.459 e. The maximum absolute atomic E-state index is 11.6. The molecule has 0 atom stereocenters. The Hall–Kier alpha value is -1.69. The number of aromatic amines is 1. The Bertz CT molecular complexity index is 601. The minimum absolute atomic E-state index is 0.229. The lowest BCUT2D eigenvalue weighted by atomic mass is 10.2. The number of esters is 1. The average molecular weight is 279 g/mol. The van der Waals surface area contributed by atoms with Crippen LogP contribution in [0.4, 0.5) is 5.69 Å². The van der Waals surface area contributed by atoms with E-state index in [4.69, 9.17) is 10.5 Å². The molecule has 1 aromatic carbocycles. The molecule has 1 aromatic heterocycles. The summed E-state index contributed by atoms with van der Waals surface area (Å²) >= 11 is 1.32. The molecule has 102 valence electrons. The van der Waals surface area contributed by atoms with Crippen molar-refractivity contribution >= 4 is 34.5 Å². The summed E-state index contributed by atoms with van der Waals surface area (Å²) in [6.45, 7) is 5.54. The number of nitrogens with zero attached hydrogens (tertiary/aromatic N) is 1. The molecule has 19 heavy (non-hydrogen) atoms. The van der Waals surface area contributed by atoms with E-state index in [0.29, 0.717) is 10.8 Å². The summed E-state index contributed by atoms with van der Waals surface area (Å²) in [6, 6.07) is 5.46. The first-order valence-corrected chi connectivity index (χ1v) is 6.92. The molecule has 2 rings (SSSR count). The summed E-state index contributed by atoms with van der Waals surface area (Å²) < 4.78 is 5.23. The minimum atomic E-state index is -0.458. The fourth-order valence-corrected chi connectivity index (χ4v) is 2.23.